The Balaban J connectivity index is 1.92. The second kappa shape index (κ2) is 5.22. The summed E-state index contributed by atoms with van der Waals surface area (Å²) in [6.45, 7) is 2.32. The van der Waals surface area contributed by atoms with Gasteiger partial charge in [0.15, 0.2) is 5.56 Å². The van der Waals surface area contributed by atoms with Crippen molar-refractivity contribution in [3.63, 3.8) is 0 Å². The van der Waals surface area contributed by atoms with Gasteiger partial charge in [-0.05, 0) is 24.4 Å². The Kier molecular flexibility index (Phi) is 3.23. The summed E-state index contributed by atoms with van der Waals surface area (Å²) >= 11 is 0. The highest BCUT2D eigenvalue weighted by molar-refractivity contribution is 5.92. The van der Waals surface area contributed by atoms with Crippen LogP contribution >= 0.6 is 0 Å². The standard InChI is InChI=1S/C18H17N3O4/c1-8-15(20-17(23)14(16(8)22)18(24)25)10-3-2-9-4-12-6-11(19)7-21(12)13(9)5-10/h2-5,11H,6-7,19H2,1H3,(H,24,25)(H2,20,22,23). The first-order valence-electron chi connectivity index (χ1n) is 7.94. The van der Waals surface area contributed by atoms with Crippen molar-refractivity contribution in [3.8, 4) is 17.0 Å². The molecule has 0 radical (unpaired) electrons. The van der Waals surface area contributed by atoms with Gasteiger partial charge in [0.25, 0.3) is 5.56 Å². The first kappa shape index (κ1) is 15.5. The van der Waals surface area contributed by atoms with Gasteiger partial charge in [0.05, 0.1) is 5.69 Å². The number of aromatic carboxylic acids is 1. The van der Waals surface area contributed by atoms with Crippen molar-refractivity contribution < 1.29 is 15.0 Å². The Morgan fingerprint density at radius 3 is 2.84 bits per heavy atom. The van der Waals surface area contributed by atoms with Gasteiger partial charge in [-0.3, -0.25) is 4.79 Å². The number of nitrogens with zero attached hydrogens (tertiary/aromatic N) is 1. The average molecular weight is 339 g/mol. The van der Waals surface area contributed by atoms with Gasteiger partial charge in [0.1, 0.15) is 5.75 Å². The van der Waals surface area contributed by atoms with Gasteiger partial charge in [-0.25, -0.2) is 4.79 Å². The fraction of sp³-hybridized carbons (Fsp3) is 0.222. The lowest BCUT2D eigenvalue weighted by molar-refractivity contribution is 0.0691. The number of H-pyrrole nitrogens is 1. The predicted molar refractivity (Wildman–Crippen MR) is 93.0 cm³/mol. The van der Waals surface area contributed by atoms with Crippen LogP contribution in [0.1, 0.15) is 21.6 Å². The van der Waals surface area contributed by atoms with Crippen LogP contribution < -0.4 is 11.3 Å². The molecular formula is C18H17N3O4. The van der Waals surface area contributed by atoms with Gasteiger partial charge >= 0.3 is 5.97 Å². The molecule has 1 atom stereocenters. The van der Waals surface area contributed by atoms with E-state index in [-0.39, 0.29) is 6.04 Å². The number of hydrogen-bond acceptors (Lipinski definition) is 4. The number of fused-ring (bicyclic) bond motifs is 3. The summed E-state index contributed by atoms with van der Waals surface area (Å²) in [4.78, 5) is 25.8. The number of nitrogens with one attached hydrogen (secondary N) is 1. The number of carboxylic acid groups (broad SMARTS) is 1. The van der Waals surface area contributed by atoms with Crippen molar-refractivity contribution in [1.82, 2.24) is 9.55 Å². The molecule has 2 aromatic heterocycles. The largest absolute Gasteiger partial charge is 0.506 e. The summed E-state index contributed by atoms with van der Waals surface area (Å²) in [6, 6.07) is 7.92. The van der Waals surface area contributed by atoms with E-state index < -0.39 is 22.8 Å². The molecule has 7 nitrogen and oxygen atoms in total. The monoisotopic (exact) mass is 339 g/mol. The van der Waals surface area contributed by atoms with E-state index in [1.54, 1.807) is 6.92 Å². The third-order valence-electron chi connectivity index (χ3n) is 4.81. The Hall–Kier alpha value is -3.06. The number of nitrogens with two attached hydrogens (primary N) is 1. The highest BCUT2D eigenvalue weighted by Gasteiger charge is 2.23. The molecular weight excluding hydrogens is 322 g/mol. The maximum absolute atomic E-state index is 12.1. The topological polar surface area (TPSA) is 121 Å². The van der Waals surface area contributed by atoms with Crippen LogP contribution in [0, 0.1) is 6.92 Å². The molecule has 25 heavy (non-hydrogen) atoms. The molecule has 1 aliphatic rings. The smallest absolute Gasteiger partial charge is 0.345 e. The van der Waals surface area contributed by atoms with E-state index >= 15 is 0 Å². The van der Waals surface area contributed by atoms with Crippen LogP contribution in [0.3, 0.4) is 0 Å². The van der Waals surface area contributed by atoms with E-state index in [0.717, 1.165) is 23.9 Å². The van der Waals surface area contributed by atoms with Crippen LogP contribution in [-0.4, -0.2) is 31.8 Å². The number of carbonyl (C=O) groups is 1. The van der Waals surface area contributed by atoms with Gasteiger partial charge < -0.3 is 25.5 Å². The Bertz CT molecular complexity index is 1090. The zero-order chi connectivity index (χ0) is 17.9. The van der Waals surface area contributed by atoms with E-state index in [2.05, 4.69) is 15.6 Å². The molecule has 0 saturated carbocycles. The molecule has 5 N–H and O–H groups in total. The Morgan fingerprint density at radius 2 is 2.12 bits per heavy atom. The summed E-state index contributed by atoms with van der Waals surface area (Å²) in [7, 11) is 0. The summed E-state index contributed by atoms with van der Waals surface area (Å²) in [6.07, 6.45) is 0.827. The minimum Gasteiger partial charge on any atom is -0.506 e. The van der Waals surface area contributed by atoms with E-state index in [1.807, 2.05) is 18.2 Å². The number of aromatic hydroxyl groups is 1. The number of benzene rings is 1. The van der Waals surface area contributed by atoms with Crippen molar-refractivity contribution in [3.05, 3.63) is 51.4 Å². The van der Waals surface area contributed by atoms with E-state index in [4.69, 9.17) is 10.8 Å². The Labute approximate surface area is 142 Å². The van der Waals surface area contributed by atoms with Crippen LogP contribution in [0.15, 0.2) is 29.1 Å². The third-order valence-corrected chi connectivity index (χ3v) is 4.81. The van der Waals surface area contributed by atoms with Crippen LogP contribution in [-0.2, 0) is 13.0 Å². The fourth-order valence-electron chi connectivity index (χ4n) is 3.59. The predicted octanol–water partition coefficient (Wildman–Crippen LogP) is 1.59. The van der Waals surface area contributed by atoms with Crippen molar-refractivity contribution in [2.45, 2.75) is 25.9 Å². The van der Waals surface area contributed by atoms with Crippen molar-refractivity contribution in [1.29, 1.82) is 0 Å². The molecule has 7 heteroatoms. The SMILES string of the molecule is Cc1c(-c2ccc3cc4n(c3c2)CC(N)C4)[nH]c(=O)c(C(=O)O)c1O. The van der Waals surface area contributed by atoms with Crippen LogP contribution in [0.5, 0.6) is 5.75 Å². The van der Waals surface area contributed by atoms with Gasteiger partial charge in [-0.2, -0.15) is 0 Å². The summed E-state index contributed by atoms with van der Waals surface area (Å²) in [5.41, 5.74) is 8.17. The highest BCUT2D eigenvalue weighted by atomic mass is 16.4. The molecule has 0 bridgehead atoms. The molecule has 4 rings (SSSR count). The number of aromatic nitrogens is 2. The summed E-state index contributed by atoms with van der Waals surface area (Å²) < 4.78 is 2.16. The lowest BCUT2D eigenvalue weighted by atomic mass is 10.0. The Morgan fingerprint density at radius 1 is 1.36 bits per heavy atom. The fourth-order valence-corrected chi connectivity index (χ4v) is 3.59. The normalized spacial score (nSPS) is 16.3. The first-order chi connectivity index (χ1) is 11.9. The van der Waals surface area contributed by atoms with Gasteiger partial charge in [0.2, 0.25) is 0 Å². The van der Waals surface area contributed by atoms with E-state index in [1.165, 1.54) is 5.69 Å². The van der Waals surface area contributed by atoms with E-state index in [0.29, 0.717) is 16.8 Å². The van der Waals surface area contributed by atoms with Gasteiger partial charge in [0, 0.05) is 41.3 Å². The van der Waals surface area contributed by atoms with Crippen LogP contribution in [0.4, 0.5) is 0 Å². The lowest BCUT2D eigenvalue weighted by Crippen LogP contribution is -2.20. The highest BCUT2D eigenvalue weighted by Crippen LogP contribution is 2.32. The third kappa shape index (κ3) is 2.24. The quantitative estimate of drug-likeness (QED) is 0.565. The molecule has 0 spiro atoms. The number of hydrogen-bond donors (Lipinski definition) is 4. The zero-order valence-corrected chi connectivity index (χ0v) is 13.5. The molecule has 3 aromatic rings. The van der Waals surface area contributed by atoms with Gasteiger partial charge in [-0.1, -0.05) is 12.1 Å². The second-order valence-electron chi connectivity index (χ2n) is 6.47. The molecule has 3 heterocycles. The van der Waals surface area contributed by atoms with Crippen LogP contribution in [0.25, 0.3) is 22.2 Å². The summed E-state index contributed by atoms with van der Waals surface area (Å²) in [5, 5.41) is 20.3. The first-order valence-corrected chi connectivity index (χ1v) is 7.94. The van der Waals surface area contributed by atoms with Crippen LogP contribution in [0.2, 0.25) is 0 Å². The molecule has 0 aliphatic carbocycles. The van der Waals surface area contributed by atoms with Gasteiger partial charge in [-0.15, -0.1) is 0 Å². The molecule has 128 valence electrons. The van der Waals surface area contributed by atoms with E-state index in [9.17, 15) is 14.7 Å². The number of aromatic amines is 1. The average Bonchev–Trinajstić information content (AvgIpc) is 3.06. The van der Waals surface area contributed by atoms with Crippen molar-refractivity contribution in [2.24, 2.45) is 5.73 Å². The molecule has 1 aromatic carbocycles. The summed E-state index contributed by atoms with van der Waals surface area (Å²) in [5.74, 6) is -1.96. The lowest BCUT2D eigenvalue weighted by Gasteiger charge is -2.11. The molecule has 0 saturated heterocycles. The molecule has 1 aliphatic heterocycles. The molecule has 0 amide bonds. The molecule has 0 fully saturated rings. The minimum absolute atomic E-state index is 0.100. The molecule has 1 unspecified atom stereocenters. The zero-order valence-electron chi connectivity index (χ0n) is 13.5. The number of rotatable bonds is 2. The maximum Gasteiger partial charge on any atom is 0.345 e. The van der Waals surface area contributed by atoms with Crippen molar-refractivity contribution >= 4 is 16.9 Å². The minimum atomic E-state index is -1.46. The number of carboxylic acids is 1. The maximum atomic E-state index is 12.1. The van der Waals surface area contributed by atoms with Crippen molar-refractivity contribution in [2.75, 3.05) is 0 Å². The second-order valence-corrected chi connectivity index (χ2v) is 6.47. The number of pyridine rings is 1.